The molecule has 2 aromatic carbocycles. The number of nitrogens with zero attached hydrogens (tertiary/aromatic N) is 4. The summed E-state index contributed by atoms with van der Waals surface area (Å²) in [5.74, 6) is 0.709. The van der Waals surface area contributed by atoms with Crippen LogP contribution in [0.25, 0.3) is 10.9 Å². The Morgan fingerprint density at radius 1 is 0.970 bits per heavy atom. The lowest BCUT2D eigenvalue weighted by molar-refractivity contribution is 0.0951. The van der Waals surface area contributed by atoms with Gasteiger partial charge in [0.05, 0.1) is 23.3 Å². The molecular weight excluding hydrogens is 410 g/mol. The molecule has 1 N–H and O–H groups in total. The topological polar surface area (TPSA) is 63.1 Å². The maximum absolute atomic E-state index is 13.3. The number of amides is 1. The van der Waals surface area contributed by atoms with Crippen molar-refractivity contribution in [3.05, 3.63) is 88.7 Å². The van der Waals surface area contributed by atoms with E-state index >= 15 is 0 Å². The molecule has 0 atom stereocenters. The number of carbonyl (C=O) groups excluding carboxylic acids is 1. The minimum Gasteiger partial charge on any atom is -0.356 e. The number of benzene rings is 2. The highest BCUT2D eigenvalue weighted by atomic mass is 16.1. The number of pyridine rings is 1. The van der Waals surface area contributed by atoms with Gasteiger partial charge in [0.25, 0.3) is 5.91 Å². The van der Waals surface area contributed by atoms with Gasteiger partial charge in [-0.25, -0.2) is 4.98 Å². The summed E-state index contributed by atoms with van der Waals surface area (Å²) in [5.41, 5.74) is 5.97. The Bertz CT molecular complexity index is 1300. The monoisotopic (exact) mass is 439 g/mol. The Kier molecular flexibility index (Phi) is 5.82. The van der Waals surface area contributed by atoms with Gasteiger partial charge in [-0.05, 0) is 56.0 Å². The van der Waals surface area contributed by atoms with Crippen molar-refractivity contribution in [2.75, 3.05) is 18.0 Å². The second-order valence-electron chi connectivity index (χ2n) is 8.83. The number of aryl methyl sites for hydroxylation is 2. The predicted molar refractivity (Wildman–Crippen MR) is 132 cm³/mol. The van der Waals surface area contributed by atoms with Crippen LogP contribution in [0.2, 0.25) is 0 Å². The lowest BCUT2D eigenvalue weighted by Crippen LogP contribution is -2.28. The average Bonchev–Trinajstić information content (AvgIpc) is 3.46. The zero-order chi connectivity index (χ0) is 22.8. The molecule has 0 radical (unpaired) electrons. The number of carbonyl (C=O) groups is 1. The zero-order valence-electron chi connectivity index (χ0n) is 19.2. The quantitative estimate of drug-likeness (QED) is 0.476. The van der Waals surface area contributed by atoms with Gasteiger partial charge in [-0.1, -0.05) is 42.5 Å². The van der Waals surface area contributed by atoms with Crippen molar-refractivity contribution < 1.29 is 4.79 Å². The first-order chi connectivity index (χ1) is 16.1. The van der Waals surface area contributed by atoms with Crippen molar-refractivity contribution in [3.63, 3.8) is 0 Å². The molecule has 3 heterocycles. The van der Waals surface area contributed by atoms with Crippen molar-refractivity contribution >= 4 is 22.6 Å². The van der Waals surface area contributed by atoms with E-state index in [1.807, 2.05) is 54.1 Å². The Labute approximate surface area is 194 Å². The fourth-order valence-electron chi connectivity index (χ4n) is 4.57. The van der Waals surface area contributed by atoms with Gasteiger partial charge in [0, 0.05) is 30.7 Å². The summed E-state index contributed by atoms with van der Waals surface area (Å²) in [6.45, 7) is 7.15. The Morgan fingerprint density at radius 2 is 1.76 bits per heavy atom. The number of nitrogens with one attached hydrogen (secondary N) is 1. The van der Waals surface area contributed by atoms with Crippen LogP contribution in [0, 0.1) is 13.8 Å². The van der Waals surface area contributed by atoms with E-state index in [0.29, 0.717) is 12.1 Å². The molecule has 0 saturated carbocycles. The molecule has 33 heavy (non-hydrogen) atoms. The summed E-state index contributed by atoms with van der Waals surface area (Å²) in [5, 5.41) is 8.66. The fraction of sp³-hybridized carbons (Fsp3) is 0.296. The SMILES string of the molecule is Cc1cc(C)n(Cc2cccc(CNC(=O)c3cc4ccccc4nc3N3CCCC3)c2)n1. The average molecular weight is 440 g/mol. The molecule has 1 aliphatic heterocycles. The van der Waals surface area contributed by atoms with E-state index in [9.17, 15) is 4.79 Å². The Morgan fingerprint density at radius 3 is 2.55 bits per heavy atom. The lowest BCUT2D eigenvalue weighted by atomic mass is 10.1. The maximum Gasteiger partial charge on any atom is 0.255 e. The molecule has 4 aromatic rings. The van der Waals surface area contributed by atoms with Gasteiger partial charge in [-0.15, -0.1) is 0 Å². The number of aromatic nitrogens is 3. The standard InChI is InChI=1S/C27H29N5O/c1-19-14-20(2)32(30-19)18-22-9-7-8-21(15-22)17-28-27(33)24-16-23-10-3-4-11-25(23)29-26(24)31-12-5-6-13-31/h3-4,7-11,14-16H,5-6,12-13,17-18H2,1-2H3,(H,28,33). The molecule has 1 saturated heterocycles. The molecule has 1 aliphatic rings. The van der Waals surface area contributed by atoms with Gasteiger partial charge in [-0.3, -0.25) is 9.48 Å². The molecule has 5 rings (SSSR count). The number of rotatable bonds is 6. The summed E-state index contributed by atoms with van der Waals surface area (Å²) in [7, 11) is 0. The van der Waals surface area contributed by atoms with E-state index in [1.165, 1.54) is 0 Å². The fourth-order valence-corrected chi connectivity index (χ4v) is 4.57. The van der Waals surface area contributed by atoms with Crippen LogP contribution in [0.3, 0.4) is 0 Å². The zero-order valence-corrected chi connectivity index (χ0v) is 19.2. The summed E-state index contributed by atoms with van der Waals surface area (Å²) < 4.78 is 2.01. The van der Waals surface area contributed by atoms with Gasteiger partial charge in [0.15, 0.2) is 0 Å². The van der Waals surface area contributed by atoms with Crippen molar-refractivity contribution in [1.29, 1.82) is 0 Å². The largest absolute Gasteiger partial charge is 0.356 e. The van der Waals surface area contributed by atoms with E-state index in [-0.39, 0.29) is 5.91 Å². The van der Waals surface area contributed by atoms with Crippen LogP contribution >= 0.6 is 0 Å². The van der Waals surface area contributed by atoms with Crippen molar-refractivity contribution in [1.82, 2.24) is 20.1 Å². The van der Waals surface area contributed by atoms with Crippen LogP contribution < -0.4 is 10.2 Å². The van der Waals surface area contributed by atoms with Crippen LogP contribution in [0.4, 0.5) is 5.82 Å². The van der Waals surface area contributed by atoms with Crippen LogP contribution in [-0.2, 0) is 13.1 Å². The Hall–Kier alpha value is -3.67. The summed E-state index contributed by atoms with van der Waals surface area (Å²) in [4.78, 5) is 20.4. The van der Waals surface area contributed by atoms with Crippen LogP contribution in [0.15, 0.2) is 60.7 Å². The molecule has 0 bridgehead atoms. The second kappa shape index (κ2) is 9.06. The van der Waals surface area contributed by atoms with Crippen LogP contribution in [-0.4, -0.2) is 33.8 Å². The summed E-state index contributed by atoms with van der Waals surface area (Å²) in [6.07, 6.45) is 2.27. The van der Waals surface area contributed by atoms with Gasteiger partial charge in [0.2, 0.25) is 0 Å². The molecular formula is C27H29N5O. The third kappa shape index (κ3) is 4.60. The molecule has 6 nitrogen and oxygen atoms in total. The molecule has 168 valence electrons. The van der Waals surface area contributed by atoms with E-state index in [0.717, 1.165) is 71.7 Å². The van der Waals surface area contributed by atoms with Crippen molar-refractivity contribution in [2.24, 2.45) is 0 Å². The highest BCUT2D eigenvalue weighted by molar-refractivity contribution is 6.02. The molecule has 1 amide bonds. The van der Waals surface area contributed by atoms with E-state index in [1.54, 1.807) is 0 Å². The molecule has 1 fully saturated rings. The minimum absolute atomic E-state index is 0.0842. The lowest BCUT2D eigenvalue weighted by Gasteiger charge is -2.20. The highest BCUT2D eigenvalue weighted by Gasteiger charge is 2.22. The van der Waals surface area contributed by atoms with Gasteiger partial charge < -0.3 is 10.2 Å². The first-order valence-electron chi connectivity index (χ1n) is 11.6. The van der Waals surface area contributed by atoms with Crippen molar-refractivity contribution in [2.45, 2.75) is 39.8 Å². The molecule has 6 heteroatoms. The minimum atomic E-state index is -0.0842. The summed E-state index contributed by atoms with van der Waals surface area (Å²) >= 11 is 0. The molecule has 0 spiro atoms. The van der Waals surface area contributed by atoms with Crippen LogP contribution in [0.1, 0.15) is 45.7 Å². The van der Waals surface area contributed by atoms with Crippen LogP contribution in [0.5, 0.6) is 0 Å². The third-order valence-electron chi connectivity index (χ3n) is 6.23. The molecule has 2 aromatic heterocycles. The number of fused-ring (bicyclic) bond motifs is 1. The van der Waals surface area contributed by atoms with Crippen molar-refractivity contribution in [3.8, 4) is 0 Å². The highest BCUT2D eigenvalue weighted by Crippen LogP contribution is 2.26. The number of para-hydroxylation sites is 1. The third-order valence-corrected chi connectivity index (χ3v) is 6.23. The first kappa shape index (κ1) is 21.2. The normalized spacial score (nSPS) is 13.6. The number of hydrogen-bond acceptors (Lipinski definition) is 4. The molecule has 0 aliphatic carbocycles. The first-order valence-corrected chi connectivity index (χ1v) is 11.6. The molecule has 0 unspecified atom stereocenters. The van der Waals surface area contributed by atoms with E-state index in [4.69, 9.17) is 4.98 Å². The van der Waals surface area contributed by atoms with E-state index < -0.39 is 0 Å². The number of hydrogen-bond donors (Lipinski definition) is 1. The van der Waals surface area contributed by atoms with Gasteiger partial charge in [0.1, 0.15) is 5.82 Å². The summed E-state index contributed by atoms with van der Waals surface area (Å²) in [6, 6.07) is 20.4. The smallest absolute Gasteiger partial charge is 0.255 e. The number of anilines is 1. The second-order valence-corrected chi connectivity index (χ2v) is 8.83. The van der Waals surface area contributed by atoms with Gasteiger partial charge in [-0.2, -0.15) is 5.10 Å². The Balaban J connectivity index is 1.35. The predicted octanol–water partition coefficient (Wildman–Crippen LogP) is 4.63. The van der Waals surface area contributed by atoms with Gasteiger partial charge >= 0.3 is 0 Å². The maximum atomic E-state index is 13.3. The van der Waals surface area contributed by atoms with E-state index in [2.05, 4.69) is 40.4 Å².